The van der Waals surface area contributed by atoms with E-state index in [9.17, 15) is 4.79 Å². The largest absolute Gasteiger partial charge is 0.382 e. The van der Waals surface area contributed by atoms with Crippen LogP contribution in [0.3, 0.4) is 0 Å². The number of thioether (sulfide) groups is 1. The Hall–Kier alpha value is -2.02. The molecular weight excluding hydrogens is 386 g/mol. The van der Waals surface area contributed by atoms with Gasteiger partial charge < -0.3 is 11.1 Å². The van der Waals surface area contributed by atoms with Crippen molar-refractivity contribution in [3.8, 4) is 0 Å². The number of carbonyl (C=O) groups excluding carboxylic acids is 1. The van der Waals surface area contributed by atoms with Gasteiger partial charge >= 0.3 is 0 Å². The maximum Gasteiger partial charge on any atom is 0.269 e. The first kappa shape index (κ1) is 18.8. The normalized spacial score (nSPS) is 10.7. The molecule has 1 aromatic heterocycles. The topological polar surface area (TPSA) is 68.0 Å². The molecule has 0 atom stereocenters. The molecule has 7 heteroatoms. The predicted molar refractivity (Wildman–Crippen MR) is 111 cm³/mol. The third kappa shape index (κ3) is 4.20. The second-order valence-corrected chi connectivity index (χ2v) is 8.42. The Labute approximate surface area is 165 Å². The molecular formula is C19H18ClN3OS2. The van der Waals surface area contributed by atoms with Crippen molar-refractivity contribution in [2.75, 3.05) is 11.1 Å². The van der Waals surface area contributed by atoms with Crippen LogP contribution in [0.5, 0.6) is 0 Å². The van der Waals surface area contributed by atoms with Gasteiger partial charge in [-0.15, -0.1) is 11.3 Å². The van der Waals surface area contributed by atoms with Crippen molar-refractivity contribution in [3.63, 3.8) is 0 Å². The zero-order chi connectivity index (χ0) is 18.7. The smallest absolute Gasteiger partial charge is 0.269 e. The first-order chi connectivity index (χ1) is 12.5. The SMILES string of the molecule is Cc1ccccc1CSc1nc(N)c(C(=O)Nc2c(C)cccc2Cl)s1. The lowest BCUT2D eigenvalue weighted by Gasteiger charge is -2.09. The van der Waals surface area contributed by atoms with Crippen LogP contribution < -0.4 is 11.1 Å². The van der Waals surface area contributed by atoms with Gasteiger partial charge in [-0.2, -0.15) is 0 Å². The average Bonchev–Trinajstić information content (AvgIpc) is 2.98. The van der Waals surface area contributed by atoms with E-state index in [0.717, 1.165) is 15.7 Å². The molecule has 3 rings (SSSR count). The number of nitrogen functional groups attached to an aromatic ring is 1. The molecule has 0 fully saturated rings. The summed E-state index contributed by atoms with van der Waals surface area (Å²) in [6.45, 7) is 3.97. The van der Waals surface area contributed by atoms with E-state index < -0.39 is 0 Å². The third-order valence-electron chi connectivity index (χ3n) is 3.91. The Morgan fingerprint density at radius 2 is 1.92 bits per heavy atom. The number of anilines is 2. The molecule has 0 saturated carbocycles. The van der Waals surface area contributed by atoms with E-state index in [1.165, 1.54) is 22.5 Å². The van der Waals surface area contributed by atoms with Crippen molar-refractivity contribution in [2.45, 2.75) is 23.9 Å². The molecule has 134 valence electrons. The number of nitrogens with one attached hydrogen (secondary N) is 1. The standard InChI is InChI=1S/C19H18ClN3OS2/c1-11-6-3-4-8-13(11)10-25-19-23-17(21)16(26-19)18(24)22-15-12(2)7-5-9-14(15)20/h3-9H,10,21H2,1-2H3,(H,22,24). The summed E-state index contributed by atoms with van der Waals surface area (Å²) in [5, 5.41) is 3.34. The quantitative estimate of drug-likeness (QED) is 0.549. The highest BCUT2D eigenvalue weighted by Gasteiger charge is 2.18. The van der Waals surface area contributed by atoms with Crippen LogP contribution in [0.4, 0.5) is 11.5 Å². The lowest BCUT2D eigenvalue weighted by Crippen LogP contribution is -2.13. The van der Waals surface area contributed by atoms with Crippen LogP contribution >= 0.6 is 34.7 Å². The zero-order valence-corrected chi connectivity index (χ0v) is 16.8. The molecule has 3 N–H and O–H groups in total. The van der Waals surface area contributed by atoms with Gasteiger partial charge in [-0.25, -0.2) is 4.98 Å². The molecule has 2 aromatic carbocycles. The minimum atomic E-state index is -0.293. The Kier molecular flexibility index (Phi) is 5.86. The summed E-state index contributed by atoms with van der Waals surface area (Å²) in [6.07, 6.45) is 0. The molecule has 0 saturated heterocycles. The fourth-order valence-corrected chi connectivity index (χ4v) is 4.72. The molecule has 4 nitrogen and oxygen atoms in total. The summed E-state index contributed by atoms with van der Waals surface area (Å²) >= 11 is 9.05. The number of hydrogen-bond donors (Lipinski definition) is 2. The van der Waals surface area contributed by atoms with Crippen LogP contribution in [-0.4, -0.2) is 10.9 Å². The van der Waals surface area contributed by atoms with E-state index in [2.05, 4.69) is 29.4 Å². The minimum absolute atomic E-state index is 0.240. The Bertz CT molecular complexity index is 935. The van der Waals surface area contributed by atoms with Crippen LogP contribution in [0.25, 0.3) is 0 Å². The van der Waals surface area contributed by atoms with Crippen LogP contribution in [0, 0.1) is 13.8 Å². The number of para-hydroxylation sites is 1. The molecule has 0 radical (unpaired) electrons. The van der Waals surface area contributed by atoms with Crippen molar-refractivity contribution in [2.24, 2.45) is 0 Å². The average molecular weight is 404 g/mol. The number of aryl methyl sites for hydroxylation is 2. The molecule has 0 aliphatic rings. The van der Waals surface area contributed by atoms with Crippen molar-refractivity contribution in [1.82, 2.24) is 4.98 Å². The Balaban J connectivity index is 1.73. The van der Waals surface area contributed by atoms with E-state index >= 15 is 0 Å². The van der Waals surface area contributed by atoms with Gasteiger partial charge in [-0.05, 0) is 36.6 Å². The van der Waals surface area contributed by atoms with E-state index in [1.54, 1.807) is 17.8 Å². The van der Waals surface area contributed by atoms with Crippen molar-refractivity contribution >= 4 is 52.1 Å². The number of benzene rings is 2. The number of aromatic nitrogens is 1. The van der Waals surface area contributed by atoms with E-state index in [-0.39, 0.29) is 11.7 Å². The van der Waals surface area contributed by atoms with Crippen LogP contribution in [-0.2, 0) is 5.75 Å². The highest BCUT2D eigenvalue weighted by Crippen LogP contribution is 2.33. The second-order valence-electron chi connectivity index (χ2n) is 5.80. The van der Waals surface area contributed by atoms with Gasteiger partial charge in [-0.3, -0.25) is 4.79 Å². The zero-order valence-electron chi connectivity index (χ0n) is 14.4. The monoisotopic (exact) mass is 403 g/mol. The first-order valence-corrected chi connectivity index (χ1v) is 10.1. The summed E-state index contributed by atoms with van der Waals surface area (Å²) in [5.41, 5.74) is 9.93. The number of amides is 1. The molecule has 0 aliphatic carbocycles. The summed E-state index contributed by atoms with van der Waals surface area (Å²) < 4.78 is 0.770. The maximum absolute atomic E-state index is 12.6. The number of halogens is 1. The lowest BCUT2D eigenvalue weighted by atomic mass is 10.1. The fourth-order valence-electron chi connectivity index (χ4n) is 2.41. The van der Waals surface area contributed by atoms with E-state index in [0.29, 0.717) is 15.6 Å². The summed E-state index contributed by atoms with van der Waals surface area (Å²) in [5.74, 6) is 0.730. The van der Waals surface area contributed by atoms with Gasteiger partial charge in [0.2, 0.25) is 0 Å². The van der Waals surface area contributed by atoms with Crippen LogP contribution in [0.2, 0.25) is 5.02 Å². The van der Waals surface area contributed by atoms with Gasteiger partial charge in [0, 0.05) is 5.75 Å². The van der Waals surface area contributed by atoms with Gasteiger partial charge in [-0.1, -0.05) is 59.8 Å². The number of nitrogens with two attached hydrogens (primary N) is 1. The molecule has 1 amide bonds. The van der Waals surface area contributed by atoms with Crippen LogP contribution in [0.1, 0.15) is 26.4 Å². The number of thiazole rings is 1. The van der Waals surface area contributed by atoms with E-state index in [4.69, 9.17) is 17.3 Å². The Morgan fingerprint density at radius 3 is 2.65 bits per heavy atom. The Morgan fingerprint density at radius 1 is 1.19 bits per heavy atom. The molecule has 26 heavy (non-hydrogen) atoms. The van der Waals surface area contributed by atoms with Crippen LogP contribution in [0.15, 0.2) is 46.8 Å². The van der Waals surface area contributed by atoms with Crippen molar-refractivity contribution in [3.05, 3.63) is 69.1 Å². The molecule has 0 unspecified atom stereocenters. The third-order valence-corrected chi connectivity index (χ3v) is 6.49. The summed E-state index contributed by atoms with van der Waals surface area (Å²) in [7, 11) is 0. The highest BCUT2D eigenvalue weighted by molar-refractivity contribution is 8.00. The van der Waals surface area contributed by atoms with Gasteiger partial charge in [0.15, 0.2) is 4.34 Å². The fraction of sp³-hybridized carbons (Fsp3) is 0.158. The molecule has 0 bridgehead atoms. The summed E-state index contributed by atoms with van der Waals surface area (Å²) in [6, 6.07) is 13.7. The van der Waals surface area contributed by atoms with E-state index in [1.807, 2.05) is 31.2 Å². The maximum atomic E-state index is 12.6. The second kappa shape index (κ2) is 8.12. The lowest BCUT2D eigenvalue weighted by molar-refractivity contribution is 0.103. The number of hydrogen-bond acceptors (Lipinski definition) is 5. The van der Waals surface area contributed by atoms with Crippen molar-refractivity contribution in [1.29, 1.82) is 0 Å². The first-order valence-electron chi connectivity index (χ1n) is 7.95. The number of rotatable bonds is 5. The van der Waals surface area contributed by atoms with Crippen molar-refractivity contribution < 1.29 is 4.79 Å². The molecule has 0 spiro atoms. The number of carbonyl (C=O) groups is 1. The molecule has 0 aliphatic heterocycles. The van der Waals surface area contributed by atoms with Gasteiger partial charge in [0.1, 0.15) is 10.7 Å². The van der Waals surface area contributed by atoms with Gasteiger partial charge in [0.05, 0.1) is 10.7 Å². The minimum Gasteiger partial charge on any atom is -0.382 e. The van der Waals surface area contributed by atoms with Gasteiger partial charge in [0.25, 0.3) is 5.91 Å². The predicted octanol–water partition coefficient (Wildman–Crippen LogP) is 5.54. The molecule has 1 heterocycles. The summed E-state index contributed by atoms with van der Waals surface area (Å²) in [4.78, 5) is 17.3. The number of nitrogens with zero attached hydrogens (tertiary/aromatic N) is 1. The highest BCUT2D eigenvalue weighted by atomic mass is 35.5. The molecule has 3 aromatic rings.